The number of pyridine rings is 1. The van der Waals surface area contributed by atoms with Gasteiger partial charge in [-0.25, -0.2) is 9.66 Å². The average molecular weight is 274 g/mol. The van der Waals surface area contributed by atoms with Gasteiger partial charge < -0.3 is 5.43 Å². The number of imidazole rings is 1. The maximum atomic E-state index is 4.50. The van der Waals surface area contributed by atoms with Crippen LogP contribution in [-0.4, -0.2) is 14.6 Å². The summed E-state index contributed by atoms with van der Waals surface area (Å²) in [6, 6.07) is 18.4. The molecule has 0 saturated carbocycles. The molecule has 21 heavy (non-hydrogen) atoms. The van der Waals surface area contributed by atoms with Gasteiger partial charge in [0, 0.05) is 11.6 Å². The van der Waals surface area contributed by atoms with Crippen molar-refractivity contribution >= 4 is 21.9 Å². The second kappa shape index (κ2) is 4.90. The summed E-state index contributed by atoms with van der Waals surface area (Å²) >= 11 is 0. The fourth-order valence-corrected chi connectivity index (χ4v) is 2.53. The maximum absolute atomic E-state index is 4.50. The van der Waals surface area contributed by atoms with Gasteiger partial charge in [-0.05, 0) is 17.7 Å². The Bertz CT molecular complexity index is 896. The Labute approximate surface area is 122 Å². The van der Waals surface area contributed by atoms with E-state index in [1.807, 2.05) is 47.5 Å². The Morgan fingerprint density at radius 3 is 2.71 bits per heavy atom. The molecule has 0 fully saturated rings. The number of hydrogen-bond acceptors (Lipinski definition) is 3. The summed E-state index contributed by atoms with van der Waals surface area (Å²) in [4.78, 5) is 8.94. The molecule has 0 spiro atoms. The lowest BCUT2D eigenvalue weighted by atomic mass is 10.2. The Kier molecular flexibility index (Phi) is 2.78. The summed E-state index contributed by atoms with van der Waals surface area (Å²) in [5.41, 5.74) is 7.55. The van der Waals surface area contributed by atoms with E-state index in [4.69, 9.17) is 0 Å². The summed E-state index contributed by atoms with van der Waals surface area (Å²) in [5.74, 6) is 0. The van der Waals surface area contributed by atoms with Crippen LogP contribution in [0.1, 0.15) is 5.56 Å². The van der Waals surface area contributed by atoms with Crippen molar-refractivity contribution in [2.45, 2.75) is 6.54 Å². The van der Waals surface area contributed by atoms with E-state index in [1.54, 1.807) is 0 Å². The highest BCUT2D eigenvalue weighted by atomic mass is 15.4. The van der Waals surface area contributed by atoms with Crippen molar-refractivity contribution < 1.29 is 0 Å². The van der Waals surface area contributed by atoms with Crippen molar-refractivity contribution in [3.8, 4) is 0 Å². The molecular weight excluding hydrogens is 260 g/mol. The highest BCUT2D eigenvalue weighted by Crippen LogP contribution is 2.22. The Hall–Kier alpha value is -2.88. The highest BCUT2D eigenvalue weighted by Gasteiger charge is 2.07. The third kappa shape index (κ3) is 2.10. The van der Waals surface area contributed by atoms with Gasteiger partial charge in [0.25, 0.3) is 0 Å². The first-order valence-corrected chi connectivity index (χ1v) is 6.90. The van der Waals surface area contributed by atoms with Crippen LogP contribution in [-0.2, 0) is 6.54 Å². The topological polar surface area (TPSA) is 42.7 Å². The molecule has 4 heteroatoms. The molecule has 1 N–H and O–H groups in total. The van der Waals surface area contributed by atoms with E-state index in [0.29, 0.717) is 0 Å². The SMILES string of the molecule is c1ccc(CNn2cnc3ccc4cccnc4c32)cc1. The smallest absolute Gasteiger partial charge is 0.116 e. The van der Waals surface area contributed by atoms with Crippen molar-refractivity contribution in [3.05, 3.63) is 72.7 Å². The van der Waals surface area contributed by atoms with Crippen molar-refractivity contribution in [3.63, 3.8) is 0 Å². The zero-order valence-electron chi connectivity index (χ0n) is 11.4. The molecule has 0 saturated heterocycles. The summed E-state index contributed by atoms with van der Waals surface area (Å²) in [6.45, 7) is 0.746. The molecule has 0 unspecified atom stereocenters. The first-order valence-electron chi connectivity index (χ1n) is 6.90. The minimum absolute atomic E-state index is 0.746. The van der Waals surface area contributed by atoms with E-state index in [0.717, 1.165) is 28.5 Å². The first-order chi connectivity index (χ1) is 10.4. The largest absolute Gasteiger partial charge is 0.320 e. The Balaban J connectivity index is 1.77. The van der Waals surface area contributed by atoms with Gasteiger partial charge >= 0.3 is 0 Å². The third-order valence-electron chi connectivity index (χ3n) is 3.58. The van der Waals surface area contributed by atoms with Gasteiger partial charge in [0.05, 0.1) is 17.6 Å². The highest BCUT2D eigenvalue weighted by molar-refractivity contribution is 6.01. The van der Waals surface area contributed by atoms with Crippen molar-refractivity contribution in [2.75, 3.05) is 5.43 Å². The van der Waals surface area contributed by atoms with Crippen LogP contribution in [0.3, 0.4) is 0 Å². The van der Waals surface area contributed by atoms with Gasteiger partial charge in [-0.3, -0.25) is 4.98 Å². The number of rotatable bonds is 3. The van der Waals surface area contributed by atoms with Gasteiger partial charge in [0.15, 0.2) is 0 Å². The molecule has 0 aliphatic carbocycles. The molecule has 2 heterocycles. The van der Waals surface area contributed by atoms with Crippen LogP contribution < -0.4 is 5.43 Å². The van der Waals surface area contributed by atoms with Crippen LogP contribution in [0.2, 0.25) is 0 Å². The van der Waals surface area contributed by atoms with E-state index in [-0.39, 0.29) is 0 Å². The molecular formula is C17H14N4. The zero-order valence-corrected chi connectivity index (χ0v) is 11.4. The zero-order chi connectivity index (χ0) is 14.1. The van der Waals surface area contributed by atoms with Crippen molar-refractivity contribution in [1.82, 2.24) is 14.6 Å². The van der Waals surface area contributed by atoms with Crippen LogP contribution in [0, 0.1) is 0 Å². The molecule has 0 amide bonds. The van der Waals surface area contributed by atoms with E-state index >= 15 is 0 Å². The number of nitrogens with one attached hydrogen (secondary N) is 1. The molecule has 0 aliphatic rings. The molecule has 0 atom stereocenters. The molecule has 2 aromatic carbocycles. The first kappa shape index (κ1) is 11.9. The number of aromatic nitrogens is 3. The van der Waals surface area contributed by atoms with Crippen LogP contribution in [0.4, 0.5) is 0 Å². The summed E-state index contributed by atoms with van der Waals surface area (Å²) in [7, 11) is 0. The van der Waals surface area contributed by atoms with Gasteiger partial charge in [0.1, 0.15) is 11.8 Å². The fraction of sp³-hybridized carbons (Fsp3) is 0.0588. The van der Waals surface area contributed by atoms with E-state index in [1.165, 1.54) is 5.56 Å². The normalized spacial score (nSPS) is 11.0. The summed E-state index contributed by atoms with van der Waals surface area (Å²) in [6.07, 6.45) is 3.62. The van der Waals surface area contributed by atoms with Gasteiger partial charge in [-0.2, -0.15) is 0 Å². The minimum atomic E-state index is 0.746. The molecule has 2 aromatic heterocycles. The molecule has 0 aliphatic heterocycles. The lowest BCUT2D eigenvalue weighted by Gasteiger charge is -2.09. The van der Waals surface area contributed by atoms with Crippen molar-refractivity contribution in [2.24, 2.45) is 0 Å². The lowest BCUT2D eigenvalue weighted by Crippen LogP contribution is -2.13. The number of hydrogen-bond donors (Lipinski definition) is 1. The van der Waals surface area contributed by atoms with E-state index in [9.17, 15) is 0 Å². The second-order valence-electron chi connectivity index (χ2n) is 4.94. The van der Waals surface area contributed by atoms with E-state index < -0.39 is 0 Å². The van der Waals surface area contributed by atoms with Gasteiger partial charge in [0.2, 0.25) is 0 Å². The van der Waals surface area contributed by atoms with Gasteiger partial charge in [-0.1, -0.05) is 42.5 Å². The van der Waals surface area contributed by atoms with Crippen LogP contribution in [0.15, 0.2) is 67.1 Å². The molecule has 4 nitrogen and oxygen atoms in total. The lowest BCUT2D eigenvalue weighted by molar-refractivity contribution is 0.864. The molecule has 102 valence electrons. The number of fused-ring (bicyclic) bond motifs is 3. The second-order valence-corrected chi connectivity index (χ2v) is 4.94. The molecule has 4 rings (SSSR count). The Morgan fingerprint density at radius 2 is 1.81 bits per heavy atom. The number of benzene rings is 2. The average Bonchev–Trinajstić information content (AvgIpc) is 2.97. The minimum Gasteiger partial charge on any atom is -0.320 e. The van der Waals surface area contributed by atoms with Crippen LogP contribution >= 0.6 is 0 Å². The van der Waals surface area contributed by atoms with Gasteiger partial charge in [-0.15, -0.1) is 0 Å². The molecule has 0 radical (unpaired) electrons. The fourth-order valence-electron chi connectivity index (χ4n) is 2.53. The van der Waals surface area contributed by atoms with Crippen molar-refractivity contribution in [1.29, 1.82) is 0 Å². The predicted octanol–water partition coefficient (Wildman–Crippen LogP) is 3.33. The predicted molar refractivity (Wildman–Crippen MR) is 84.5 cm³/mol. The summed E-state index contributed by atoms with van der Waals surface area (Å²) < 4.78 is 1.96. The molecule has 4 aromatic rings. The molecule has 0 bridgehead atoms. The summed E-state index contributed by atoms with van der Waals surface area (Å²) in [5, 5.41) is 1.12. The van der Waals surface area contributed by atoms with E-state index in [2.05, 4.69) is 39.7 Å². The Morgan fingerprint density at radius 1 is 0.905 bits per heavy atom. The third-order valence-corrected chi connectivity index (χ3v) is 3.58. The monoisotopic (exact) mass is 274 g/mol. The maximum Gasteiger partial charge on any atom is 0.116 e. The quantitative estimate of drug-likeness (QED) is 0.623. The standard InChI is InChI=1S/C17H14N4/c1-2-5-13(6-3-1)11-20-21-12-19-15-9-8-14-7-4-10-18-16(14)17(15)21/h1-10,12,20H,11H2. The number of nitrogens with zero attached hydrogens (tertiary/aromatic N) is 3. The van der Waals surface area contributed by atoms with Crippen LogP contribution in [0.25, 0.3) is 21.9 Å². The van der Waals surface area contributed by atoms with Crippen LogP contribution in [0.5, 0.6) is 0 Å².